The highest BCUT2D eigenvalue weighted by molar-refractivity contribution is 5.79. The number of hydrogen-bond donors (Lipinski definition) is 3. The first-order chi connectivity index (χ1) is 11.8. The van der Waals surface area contributed by atoms with Gasteiger partial charge in [0.15, 0.2) is 24.6 Å². The molecular weight excluding hydrogens is 322 g/mol. The van der Waals surface area contributed by atoms with Crippen LogP contribution in [-0.4, -0.2) is 51.2 Å². The Labute approximate surface area is 148 Å². The molecule has 0 saturated carbocycles. The van der Waals surface area contributed by atoms with Gasteiger partial charge >= 0.3 is 0 Å². The van der Waals surface area contributed by atoms with Crippen LogP contribution in [0.4, 0.5) is 0 Å². The van der Waals surface area contributed by atoms with Gasteiger partial charge in [-0.05, 0) is 38.5 Å². The number of rotatable bonds is 7. The van der Waals surface area contributed by atoms with E-state index in [1.54, 1.807) is 0 Å². The Hall–Kier alpha value is -2.28. The SMILES string of the molecule is CC(C)NC(=O)C[NH+](C)CC(=O)N[C@@H](C)c1ccc2c(c1)OCCO2. The third kappa shape index (κ3) is 5.94. The Morgan fingerprint density at radius 2 is 1.64 bits per heavy atom. The molecule has 1 heterocycles. The Bertz CT molecular complexity index is 618. The second-order valence-electron chi connectivity index (χ2n) is 6.73. The van der Waals surface area contributed by atoms with E-state index in [9.17, 15) is 9.59 Å². The van der Waals surface area contributed by atoms with E-state index in [0.29, 0.717) is 19.0 Å². The minimum Gasteiger partial charge on any atom is -0.486 e. The van der Waals surface area contributed by atoms with Crippen LogP contribution in [0, 0.1) is 0 Å². The summed E-state index contributed by atoms with van der Waals surface area (Å²) in [4.78, 5) is 24.8. The van der Waals surface area contributed by atoms with Crippen molar-refractivity contribution in [2.75, 3.05) is 33.4 Å². The Balaban J connectivity index is 1.84. The highest BCUT2D eigenvalue weighted by Gasteiger charge is 2.18. The molecule has 0 bridgehead atoms. The molecule has 7 nitrogen and oxygen atoms in total. The minimum atomic E-state index is -0.152. The third-order valence-electron chi connectivity index (χ3n) is 3.82. The fourth-order valence-electron chi connectivity index (χ4n) is 2.69. The van der Waals surface area contributed by atoms with E-state index in [0.717, 1.165) is 16.2 Å². The number of nitrogens with one attached hydrogen (secondary N) is 3. The van der Waals surface area contributed by atoms with E-state index in [-0.39, 0.29) is 37.0 Å². The maximum Gasteiger partial charge on any atom is 0.275 e. The second-order valence-corrected chi connectivity index (χ2v) is 6.73. The zero-order chi connectivity index (χ0) is 18.4. The molecule has 7 heteroatoms. The molecule has 0 aromatic heterocycles. The predicted molar refractivity (Wildman–Crippen MR) is 93.9 cm³/mol. The van der Waals surface area contributed by atoms with Gasteiger partial charge in [0.25, 0.3) is 11.8 Å². The lowest BCUT2D eigenvalue weighted by molar-refractivity contribution is -0.862. The summed E-state index contributed by atoms with van der Waals surface area (Å²) in [6.07, 6.45) is 0. The predicted octanol–water partition coefficient (Wildman–Crippen LogP) is -0.326. The zero-order valence-electron chi connectivity index (χ0n) is 15.3. The minimum absolute atomic E-state index is 0.0554. The number of hydrogen-bond acceptors (Lipinski definition) is 4. The molecule has 25 heavy (non-hydrogen) atoms. The molecule has 1 aromatic rings. The van der Waals surface area contributed by atoms with Crippen molar-refractivity contribution in [1.29, 1.82) is 0 Å². The Morgan fingerprint density at radius 1 is 1.04 bits per heavy atom. The average molecular weight is 350 g/mol. The number of amides is 2. The van der Waals surface area contributed by atoms with Crippen LogP contribution < -0.4 is 25.0 Å². The first-order valence-corrected chi connectivity index (χ1v) is 8.64. The lowest BCUT2D eigenvalue weighted by atomic mass is 10.1. The molecule has 0 saturated heterocycles. The van der Waals surface area contributed by atoms with Crippen molar-refractivity contribution in [1.82, 2.24) is 10.6 Å². The highest BCUT2D eigenvalue weighted by Crippen LogP contribution is 2.32. The molecule has 138 valence electrons. The van der Waals surface area contributed by atoms with Gasteiger partial charge in [-0.15, -0.1) is 0 Å². The molecule has 1 aromatic carbocycles. The van der Waals surface area contributed by atoms with Gasteiger partial charge in [0.1, 0.15) is 13.2 Å². The van der Waals surface area contributed by atoms with Gasteiger partial charge in [0.05, 0.1) is 13.1 Å². The fourth-order valence-corrected chi connectivity index (χ4v) is 2.69. The maximum atomic E-state index is 12.2. The standard InChI is InChI=1S/C18H27N3O4/c1-12(2)19-17(22)10-21(4)11-18(23)20-13(3)14-5-6-15-16(9-14)25-8-7-24-15/h5-6,9,12-13H,7-8,10-11H2,1-4H3,(H,19,22)(H,20,23)/p+1/t13-/m0/s1. The summed E-state index contributed by atoms with van der Waals surface area (Å²) in [6.45, 7) is 7.33. The molecule has 0 aliphatic carbocycles. The summed E-state index contributed by atoms with van der Waals surface area (Å²) >= 11 is 0. The fraction of sp³-hybridized carbons (Fsp3) is 0.556. The molecule has 1 aliphatic rings. The summed E-state index contributed by atoms with van der Waals surface area (Å²) in [5, 5.41) is 5.79. The van der Waals surface area contributed by atoms with Gasteiger partial charge < -0.3 is 25.0 Å². The van der Waals surface area contributed by atoms with Crippen molar-refractivity contribution in [2.24, 2.45) is 0 Å². The van der Waals surface area contributed by atoms with Crippen LogP contribution in [0.15, 0.2) is 18.2 Å². The van der Waals surface area contributed by atoms with Crippen molar-refractivity contribution in [3.63, 3.8) is 0 Å². The molecule has 0 radical (unpaired) electrons. The van der Waals surface area contributed by atoms with Crippen molar-refractivity contribution in [2.45, 2.75) is 32.9 Å². The summed E-state index contributed by atoms with van der Waals surface area (Å²) < 4.78 is 11.1. The topological polar surface area (TPSA) is 81.1 Å². The van der Waals surface area contributed by atoms with Crippen molar-refractivity contribution < 1.29 is 24.0 Å². The van der Waals surface area contributed by atoms with Crippen LogP contribution in [0.5, 0.6) is 11.5 Å². The third-order valence-corrected chi connectivity index (χ3v) is 3.82. The first kappa shape index (κ1) is 19.1. The van der Waals surface area contributed by atoms with E-state index in [4.69, 9.17) is 9.47 Å². The van der Waals surface area contributed by atoms with E-state index in [1.807, 2.05) is 46.0 Å². The number of carbonyl (C=O) groups excluding carboxylic acids is 2. The summed E-state index contributed by atoms with van der Waals surface area (Å²) in [7, 11) is 1.83. The van der Waals surface area contributed by atoms with Crippen molar-refractivity contribution >= 4 is 11.8 Å². The second kappa shape index (κ2) is 8.71. The number of carbonyl (C=O) groups is 2. The number of quaternary nitrogens is 1. The van der Waals surface area contributed by atoms with E-state index >= 15 is 0 Å². The van der Waals surface area contributed by atoms with Gasteiger partial charge in [0.2, 0.25) is 0 Å². The van der Waals surface area contributed by atoms with Crippen LogP contribution in [0.2, 0.25) is 0 Å². The molecule has 3 N–H and O–H groups in total. The van der Waals surface area contributed by atoms with Crippen molar-refractivity contribution in [3.8, 4) is 11.5 Å². The van der Waals surface area contributed by atoms with Gasteiger partial charge in [-0.1, -0.05) is 6.07 Å². The Morgan fingerprint density at radius 3 is 2.28 bits per heavy atom. The molecule has 2 amide bonds. The van der Waals surface area contributed by atoms with Crippen LogP contribution >= 0.6 is 0 Å². The lowest BCUT2D eigenvalue weighted by Gasteiger charge is -2.21. The normalized spacial score (nSPS) is 15.4. The molecule has 1 unspecified atom stereocenters. The van der Waals surface area contributed by atoms with Gasteiger partial charge in [-0.25, -0.2) is 0 Å². The van der Waals surface area contributed by atoms with Crippen LogP contribution in [0.1, 0.15) is 32.4 Å². The van der Waals surface area contributed by atoms with Gasteiger partial charge in [-0.3, -0.25) is 9.59 Å². The number of ether oxygens (including phenoxy) is 2. The Kier molecular flexibility index (Phi) is 6.64. The van der Waals surface area contributed by atoms with Gasteiger partial charge in [0, 0.05) is 6.04 Å². The van der Waals surface area contributed by atoms with E-state index < -0.39 is 0 Å². The zero-order valence-corrected chi connectivity index (χ0v) is 15.3. The smallest absolute Gasteiger partial charge is 0.275 e. The maximum absolute atomic E-state index is 12.2. The number of fused-ring (bicyclic) bond motifs is 1. The van der Waals surface area contributed by atoms with Crippen LogP contribution in [-0.2, 0) is 9.59 Å². The van der Waals surface area contributed by atoms with E-state index in [1.165, 1.54) is 0 Å². The largest absolute Gasteiger partial charge is 0.486 e. The van der Waals surface area contributed by atoms with Gasteiger partial charge in [-0.2, -0.15) is 0 Å². The van der Waals surface area contributed by atoms with Crippen LogP contribution in [0.3, 0.4) is 0 Å². The molecular formula is C18H28N3O4+. The molecule has 0 spiro atoms. The summed E-state index contributed by atoms with van der Waals surface area (Å²) in [5.74, 6) is 1.28. The number of benzene rings is 1. The molecule has 2 rings (SSSR count). The summed E-state index contributed by atoms with van der Waals surface area (Å²) in [5.41, 5.74) is 0.952. The highest BCUT2D eigenvalue weighted by atomic mass is 16.6. The van der Waals surface area contributed by atoms with E-state index in [2.05, 4.69) is 10.6 Å². The average Bonchev–Trinajstić information content (AvgIpc) is 2.52. The first-order valence-electron chi connectivity index (χ1n) is 8.64. The molecule has 1 aliphatic heterocycles. The monoisotopic (exact) mass is 350 g/mol. The summed E-state index contributed by atoms with van der Waals surface area (Å²) in [6, 6.07) is 5.63. The number of likely N-dealkylation sites (N-methyl/N-ethyl adjacent to an activating group) is 1. The molecule has 2 atom stereocenters. The lowest BCUT2D eigenvalue weighted by Crippen LogP contribution is -3.11. The quantitative estimate of drug-likeness (QED) is 0.629. The van der Waals surface area contributed by atoms with Crippen molar-refractivity contribution in [3.05, 3.63) is 23.8 Å². The van der Waals surface area contributed by atoms with Crippen LogP contribution in [0.25, 0.3) is 0 Å². The molecule has 0 fully saturated rings.